The Morgan fingerprint density at radius 1 is 1.25 bits per heavy atom. The Labute approximate surface area is 141 Å². The molecule has 0 heterocycles. The van der Waals surface area contributed by atoms with E-state index in [0.29, 0.717) is 31.8 Å². The van der Waals surface area contributed by atoms with Crippen LogP contribution in [0.15, 0.2) is 12.2 Å². The lowest BCUT2D eigenvalue weighted by molar-refractivity contribution is -0.300. The summed E-state index contributed by atoms with van der Waals surface area (Å²) in [5, 5.41) is 9.73. The number of carbonyl (C=O) groups excluding carboxylic acids is 1. The Morgan fingerprint density at radius 2 is 1.79 bits per heavy atom. The minimum absolute atomic E-state index is 0.0769. The second kappa shape index (κ2) is 7.04. The first-order valence-electron chi connectivity index (χ1n) is 8.02. The van der Waals surface area contributed by atoms with Gasteiger partial charge < -0.3 is 14.6 Å². The highest BCUT2D eigenvalue weighted by Crippen LogP contribution is 2.41. The van der Waals surface area contributed by atoms with E-state index in [1.165, 1.54) is 6.92 Å². The average Bonchev–Trinajstić information content (AvgIpc) is 2.85. The monoisotopic (exact) mass is 352 g/mol. The lowest BCUT2D eigenvalue weighted by Crippen LogP contribution is -2.54. The second-order valence-corrected chi connectivity index (χ2v) is 7.33. The van der Waals surface area contributed by atoms with Gasteiger partial charge >= 0.3 is 12.1 Å². The van der Waals surface area contributed by atoms with Crippen molar-refractivity contribution >= 4 is 5.97 Å². The minimum atomic E-state index is -4.78. The van der Waals surface area contributed by atoms with Crippen LogP contribution in [-0.2, 0) is 14.3 Å². The Balaban J connectivity index is 2.70. The first-order chi connectivity index (χ1) is 10.7. The maximum absolute atomic E-state index is 12.9. The molecule has 4 unspecified atom stereocenters. The summed E-state index contributed by atoms with van der Waals surface area (Å²) in [5.74, 6) is -0.542. The van der Waals surface area contributed by atoms with Crippen molar-refractivity contribution in [2.45, 2.75) is 83.5 Å². The van der Waals surface area contributed by atoms with Crippen molar-refractivity contribution in [2.75, 3.05) is 0 Å². The van der Waals surface area contributed by atoms with E-state index in [-0.39, 0.29) is 12.0 Å². The summed E-state index contributed by atoms with van der Waals surface area (Å²) >= 11 is 0. The van der Waals surface area contributed by atoms with Gasteiger partial charge in [0.2, 0.25) is 0 Å². The zero-order chi connectivity index (χ0) is 18.9. The molecular weight excluding hydrogens is 325 g/mol. The number of hydrogen-bond acceptors (Lipinski definition) is 4. The maximum Gasteiger partial charge on any atom is 0.419 e. The van der Waals surface area contributed by atoms with Crippen LogP contribution in [0.4, 0.5) is 13.2 Å². The van der Waals surface area contributed by atoms with Crippen LogP contribution < -0.4 is 0 Å². The van der Waals surface area contributed by atoms with Crippen molar-refractivity contribution in [3.8, 4) is 0 Å². The van der Waals surface area contributed by atoms with Crippen molar-refractivity contribution in [1.82, 2.24) is 0 Å². The van der Waals surface area contributed by atoms with Gasteiger partial charge in [-0.05, 0) is 59.8 Å². The van der Waals surface area contributed by atoms with Crippen molar-refractivity contribution in [3.05, 3.63) is 12.2 Å². The predicted molar refractivity (Wildman–Crippen MR) is 83.3 cm³/mol. The molecule has 0 spiro atoms. The van der Waals surface area contributed by atoms with E-state index in [1.807, 2.05) is 0 Å². The van der Waals surface area contributed by atoms with Gasteiger partial charge in [0.05, 0.1) is 11.7 Å². The molecule has 0 aromatic heterocycles. The van der Waals surface area contributed by atoms with Gasteiger partial charge in [-0.15, -0.1) is 0 Å². The molecule has 1 aliphatic rings. The molecule has 0 aliphatic heterocycles. The SMILES string of the molecule is C=C(C)C(=O)OC1CCC(C(C)(C)OC(C)C(C)(O)C(F)(F)F)C1. The van der Waals surface area contributed by atoms with E-state index in [2.05, 4.69) is 6.58 Å². The van der Waals surface area contributed by atoms with E-state index >= 15 is 0 Å². The van der Waals surface area contributed by atoms with Crippen LogP contribution in [0.3, 0.4) is 0 Å². The Hall–Kier alpha value is -1.08. The van der Waals surface area contributed by atoms with Gasteiger partial charge in [-0.2, -0.15) is 13.2 Å². The molecule has 4 nitrogen and oxygen atoms in total. The molecule has 1 aliphatic carbocycles. The molecule has 0 bridgehead atoms. The summed E-state index contributed by atoms with van der Waals surface area (Å²) in [6, 6.07) is 0. The van der Waals surface area contributed by atoms with E-state index in [1.54, 1.807) is 20.8 Å². The normalized spacial score (nSPS) is 25.9. The lowest BCUT2D eigenvalue weighted by atomic mass is 9.88. The molecule has 140 valence electrons. The van der Waals surface area contributed by atoms with E-state index in [9.17, 15) is 23.1 Å². The smallest absolute Gasteiger partial charge is 0.419 e. The first kappa shape index (κ1) is 21.0. The van der Waals surface area contributed by atoms with Crippen molar-refractivity contribution in [3.63, 3.8) is 0 Å². The standard InChI is InChI=1S/C17H27F3O4/c1-10(2)14(21)23-13-8-7-12(9-13)15(4,5)24-11(3)16(6,22)17(18,19)20/h11-13,22H,1,7-9H2,2-6H3. The minimum Gasteiger partial charge on any atom is -0.459 e. The number of rotatable bonds is 6. The van der Waals surface area contributed by atoms with Crippen LogP contribution in [-0.4, -0.2) is 40.7 Å². The molecule has 24 heavy (non-hydrogen) atoms. The molecule has 0 aromatic rings. The largest absolute Gasteiger partial charge is 0.459 e. The number of carbonyl (C=O) groups is 1. The molecule has 4 atom stereocenters. The highest BCUT2D eigenvalue weighted by Gasteiger charge is 2.55. The Kier molecular flexibility index (Phi) is 6.15. The van der Waals surface area contributed by atoms with Crippen molar-refractivity contribution < 1.29 is 32.5 Å². The second-order valence-electron chi connectivity index (χ2n) is 7.33. The van der Waals surface area contributed by atoms with E-state index < -0.39 is 29.5 Å². The van der Waals surface area contributed by atoms with Gasteiger partial charge in [-0.25, -0.2) is 4.79 Å². The van der Waals surface area contributed by atoms with Gasteiger partial charge in [0.25, 0.3) is 0 Å². The number of hydrogen-bond donors (Lipinski definition) is 1. The van der Waals surface area contributed by atoms with Crippen LogP contribution in [0.5, 0.6) is 0 Å². The predicted octanol–water partition coefficient (Wildman–Crippen LogP) is 3.77. The van der Waals surface area contributed by atoms with E-state index in [0.717, 1.165) is 0 Å². The fourth-order valence-electron chi connectivity index (χ4n) is 2.83. The third kappa shape index (κ3) is 4.72. The van der Waals surface area contributed by atoms with Crippen LogP contribution in [0.25, 0.3) is 0 Å². The molecule has 1 saturated carbocycles. The van der Waals surface area contributed by atoms with Gasteiger partial charge in [0.15, 0.2) is 5.60 Å². The summed E-state index contributed by atoms with van der Waals surface area (Å²) in [6.45, 7) is 10.4. The fourth-order valence-corrected chi connectivity index (χ4v) is 2.83. The summed E-state index contributed by atoms with van der Waals surface area (Å²) in [6.07, 6.45) is -4.70. The molecule has 0 aromatic carbocycles. The highest BCUT2D eigenvalue weighted by atomic mass is 19.4. The lowest BCUT2D eigenvalue weighted by Gasteiger charge is -2.40. The molecule has 7 heteroatoms. The van der Waals surface area contributed by atoms with Crippen molar-refractivity contribution in [1.29, 1.82) is 0 Å². The third-order valence-corrected chi connectivity index (χ3v) is 4.84. The van der Waals surface area contributed by atoms with Gasteiger partial charge in [-0.3, -0.25) is 0 Å². The van der Waals surface area contributed by atoms with Gasteiger partial charge in [0, 0.05) is 5.57 Å². The molecule has 0 amide bonds. The molecule has 1 N–H and O–H groups in total. The Morgan fingerprint density at radius 3 is 2.25 bits per heavy atom. The number of alkyl halides is 3. The van der Waals surface area contributed by atoms with Crippen LogP contribution >= 0.6 is 0 Å². The summed E-state index contributed by atoms with van der Waals surface area (Å²) in [5.41, 5.74) is -3.52. The van der Waals surface area contributed by atoms with E-state index in [4.69, 9.17) is 9.47 Å². The summed E-state index contributed by atoms with van der Waals surface area (Å²) < 4.78 is 49.7. The van der Waals surface area contributed by atoms with Crippen molar-refractivity contribution in [2.24, 2.45) is 5.92 Å². The average molecular weight is 352 g/mol. The van der Waals surface area contributed by atoms with Gasteiger partial charge in [-0.1, -0.05) is 6.58 Å². The first-order valence-corrected chi connectivity index (χ1v) is 8.02. The summed E-state index contributed by atoms with van der Waals surface area (Å²) in [4.78, 5) is 11.6. The molecular formula is C17H27F3O4. The Bertz CT molecular complexity index is 483. The summed E-state index contributed by atoms with van der Waals surface area (Å²) in [7, 11) is 0. The fraction of sp³-hybridized carbons (Fsp3) is 0.824. The molecule has 1 fully saturated rings. The van der Waals surface area contributed by atoms with Gasteiger partial charge in [0.1, 0.15) is 6.10 Å². The maximum atomic E-state index is 12.9. The molecule has 1 rings (SSSR count). The number of halogens is 3. The molecule has 0 radical (unpaired) electrons. The third-order valence-electron chi connectivity index (χ3n) is 4.84. The van der Waals surface area contributed by atoms with Crippen LogP contribution in [0, 0.1) is 5.92 Å². The quantitative estimate of drug-likeness (QED) is 0.584. The number of ether oxygens (including phenoxy) is 2. The molecule has 0 saturated heterocycles. The zero-order valence-corrected chi connectivity index (χ0v) is 14.9. The van der Waals surface area contributed by atoms with Crippen LogP contribution in [0.2, 0.25) is 0 Å². The zero-order valence-electron chi connectivity index (χ0n) is 14.9. The van der Waals surface area contributed by atoms with Crippen LogP contribution in [0.1, 0.15) is 53.9 Å². The number of esters is 1. The number of aliphatic hydroxyl groups is 1. The topological polar surface area (TPSA) is 55.8 Å². The highest BCUT2D eigenvalue weighted by molar-refractivity contribution is 5.87.